The van der Waals surface area contributed by atoms with Gasteiger partial charge < -0.3 is 19.9 Å². The summed E-state index contributed by atoms with van der Waals surface area (Å²) < 4.78 is 4.69. The number of methoxy groups -OCH3 is 1. The third kappa shape index (κ3) is 4.42. The number of ether oxygens (including phenoxy) is 1. The molecule has 28 heavy (non-hydrogen) atoms. The quantitative estimate of drug-likeness (QED) is 0.802. The molecular weight excluding hydrogens is 356 g/mol. The van der Waals surface area contributed by atoms with Crippen molar-refractivity contribution < 1.29 is 14.3 Å². The number of aromatic nitrogens is 1. The minimum Gasteiger partial charge on any atom is -0.465 e. The summed E-state index contributed by atoms with van der Waals surface area (Å²) in [5, 5.41) is 3.43. The first-order valence-electron chi connectivity index (χ1n) is 9.43. The van der Waals surface area contributed by atoms with Gasteiger partial charge in [0.15, 0.2) is 5.82 Å². The molecular formula is C21H26N4O3. The Morgan fingerprint density at radius 2 is 1.68 bits per heavy atom. The fourth-order valence-corrected chi connectivity index (χ4v) is 3.24. The molecule has 0 bridgehead atoms. The third-order valence-electron chi connectivity index (χ3n) is 4.65. The first-order valence-corrected chi connectivity index (χ1v) is 9.43. The van der Waals surface area contributed by atoms with Crippen LogP contribution in [0.3, 0.4) is 0 Å². The fourth-order valence-electron chi connectivity index (χ4n) is 3.24. The molecule has 1 N–H and O–H groups in total. The molecule has 1 aromatic carbocycles. The van der Waals surface area contributed by atoms with E-state index in [-0.39, 0.29) is 5.91 Å². The van der Waals surface area contributed by atoms with Gasteiger partial charge in [0.05, 0.1) is 18.4 Å². The molecule has 1 aliphatic heterocycles. The van der Waals surface area contributed by atoms with E-state index >= 15 is 0 Å². The lowest BCUT2D eigenvalue weighted by atomic mass is 10.1. The number of rotatable bonds is 5. The Morgan fingerprint density at radius 1 is 1.04 bits per heavy atom. The van der Waals surface area contributed by atoms with Gasteiger partial charge in [-0.3, -0.25) is 4.79 Å². The summed E-state index contributed by atoms with van der Waals surface area (Å²) in [5.41, 5.74) is 2.01. The van der Waals surface area contributed by atoms with E-state index in [1.807, 2.05) is 17.0 Å². The molecule has 1 aliphatic rings. The number of nitrogens with one attached hydrogen (secondary N) is 1. The monoisotopic (exact) mass is 382 g/mol. The van der Waals surface area contributed by atoms with E-state index in [2.05, 4.69) is 33.8 Å². The molecule has 0 spiro atoms. The molecule has 2 heterocycles. The second-order valence-corrected chi connectivity index (χ2v) is 7.02. The van der Waals surface area contributed by atoms with E-state index in [1.54, 1.807) is 30.5 Å². The van der Waals surface area contributed by atoms with E-state index in [0.29, 0.717) is 30.3 Å². The standard InChI is InChI=1S/C21H26N4O3/c1-15(2)23-18-5-4-10-22-19(18)24-11-13-25(14-12-24)20(26)16-6-8-17(9-7-16)21(27)28-3/h4-10,15,23H,11-14H2,1-3H3. The lowest BCUT2D eigenvalue weighted by Gasteiger charge is -2.36. The summed E-state index contributed by atoms with van der Waals surface area (Å²) in [6, 6.07) is 10.8. The Bertz CT molecular complexity index is 828. The van der Waals surface area contributed by atoms with Crippen LogP contribution in [0.5, 0.6) is 0 Å². The summed E-state index contributed by atoms with van der Waals surface area (Å²) in [6.07, 6.45) is 1.79. The third-order valence-corrected chi connectivity index (χ3v) is 4.65. The second kappa shape index (κ2) is 8.73. The van der Waals surface area contributed by atoms with Crippen molar-refractivity contribution >= 4 is 23.4 Å². The minimum atomic E-state index is -0.409. The van der Waals surface area contributed by atoms with Crippen LogP contribution < -0.4 is 10.2 Å². The highest BCUT2D eigenvalue weighted by Gasteiger charge is 2.24. The van der Waals surface area contributed by atoms with Crippen LogP contribution >= 0.6 is 0 Å². The van der Waals surface area contributed by atoms with Crippen molar-refractivity contribution in [3.8, 4) is 0 Å². The molecule has 0 aliphatic carbocycles. The maximum Gasteiger partial charge on any atom is 0.337 e. The molecule has 0 radical (unpaired) electrons. The first kappa shape index (κ1) is 19.7. The van der Waals surface area contributed by atoms with E-state index in [9.17, 15) is 9.59 Å². The van der Waals surface area contributed by atoms with Gasteiger partial charge in [-0.05, 0) is 50.2 Å². The van der Waals surface area contributed by atoms with Gasteiger partial charge in [-0.15, -0.1) is 0 Å². The molecule has 0 saturated carbocycles. The Kier molecular flexibility index (Phi) is 6.13. The minimum absolute atomic E-state index is 0.0300. The zero-order valence-corrected chi connectivity index (χ0v) is 16.5. The van der Waals surface area contributed by atoms with Crippen LogP contribution in [0.25, 0.3) is 0 Å². The maximum absolute atomic E-state index is 12.8. The van der Waals surface area contributed by atoms with Crippen molar-refractivity contribution in [3.05, 3.63) is 53.7 Å². The van der Waals surface area contributed by atoms with E-state index < -0.39 is 5.97 Å². The Labute approximate surface area is 165 Å². The molecule has 1 saturated heterocycles. The van der Waals surface area contributed by atoms with Gasteiger partial charge in [0.2, 0.25) is 0 Å². The molecule has 2 aromatic rings. The average molecular weight is 382 g/mol. The number of carbonyl (C=O) groups excluding carboxylic acids is 2. The fraction of sp³-hybridized carbons (Fsp3) is 0.381. The van der Waals surface area contributed by atoms with Gasteiger partial charge in [-0.1, -0.05) is 0 Å². The normalized spacial score (nSPS) is 14.1. The van der Waals surface area contributed by atoms with Crippen molar-refractivity contribution in [2.24, 2.45) is 0 Å². The number of hydrogen-bond donors (Lipinski definition) is 1. The first-order chi connectivity index (χ1) is 13.5. The largest absolute Gasteiger partial charge is 0.465 e. The van der Waals surface area contributed by atoms with Gasteiger partial charge in [0.25, 0.3) is 5.91 Å². The molecule has 7 nitrogen and oxygen atoms in total. The number of benzene rings is 1. The maximum atomic E-state index is 12.8. The van der Waals surface area contributed by atoms with E-state index in [0.717, 1.165) is 24.6 Å². The number of pyridine rings is 1. The highest BCUT2D eigenvalue weighted by Crippen LogP contribution is 2.25. The smallest absolute Gasteiger partial charge is 0.337 e. The Morgan fingerprint density at radius 3 is 2.29 bits per heavy atom. The van der Waals surface area contributed by atoms with Crippen LogP contribution in [0.2, 0.25) is 0 Å². The zero-order chi connectivity index (χ0) is 20.1. The van der Waals surface area contributed by atoms with Gasteiger partial charge >= 0.3 is 5.97 Å². The van der Waals surface area contributed by atoms with Gasteiger partial charge in [-0.2, -0.15) is 0 Å². The highest BCUT2D eigenvalue weighted by atomic mass is 16.5. The van der Waals surface area contributed by atoms with Gasteiger partial charge in [0.1, 0.15) is 0 Å². The summed E-state index contributed by atoms with van der Waals surface area (Å²) in [4.78, 5) is 32.9. The van der Waals surface area contributed by atoms with Crippen LogP contribution in [0.15, 0.2) is 42.6 Å². The lowest BCUT2D eigenvalue weighted by Crippen LogP contribution is -2.49. The highest BCUT2D eigenvalue weighted by molar-refractivity contribution is 5.96. The summed E-state index contributed by atoms with van der Waals surface area (Å²) in [6.45, 7) is 6.87. The van der Waals surface area contributed by atoms with Gasteiger partial charge in [-0.25, -0.2) is 9.78 Å². The lowest BCUT2D eigenvalue weighted by molar-refractivity contribution is 0.0599. The summed E-state index contributed by atoms with van der Waals surface area (Å²) >= 11 is 0. The Hall–Kier alpha value is -3.09. The number of amides is 1. The van der Waals surface area contributed by atoms with Crippen molar-refractivity contribution in [1.82, 2.24) is 9.88 Å². The number of esters is 1. The van der Waals surface area contributed by atoms with Gasteiger partial charge in [0, 0.05) is 44.0 Å². The molecule has 1 amide bonds. The molecule has 1 fully saturated rings. The van der Waals surface area contributed by atoms with Crippen LogP contribution in [0.4, 0.5) is 11.5 Å². The van der Waals surface area contributed by atoms with E-state index in [1.165, 1.54) is 7.11 Å². The summed E-state index contributed by atoms with van der Waals surface area (Å²) in [7, 11) is 1.34. The van der Waals surface area contributed by atoms with Crippen LogP contribution in [-0.2, 0) is 4.74 Å². The number of piperazine rings is 1. The average Bonchev–Trinajstić information content (AvgIpc) is 2.73. The van der Waals surface area contributed by atoms with E-state index in [4.69, 9.17) is 0 Å². The second-order valence-electron chi connectivity index (χ2n) is 7.02. The van der Waals surface area contributed by atoms with Crippen molar-refractivity contribution in [1.29, 1.82) is 0 Å². The predicted molar refractivity (Wildman–Crippen MR) is 109 cm³/mol. The SMILES string of the molecule is COC(=O)c1ccc(C(=O)N2CCN(c3ncccc3NC(C)C)CC2)cc1. The molecule has 7 heteroatoms. The molecule has 0 atom stereocenters. The number of anilines is 2. The number of hydrogen-bond acceptors (Lipinski definition) is 6. The van der Waals surface area contributed by atoms with Crippen molar-refractivity contribution in [2.45, 2.75) is 19.9 Å². The molecule has 0 unspecified atom stereocenters. The van der Waals surface area contributed by atoms with Crippen molar-refractivity contribution in [2.75, 3.05) is 43.5 Å². The van der Waals surface area contributed by atoms with Crippen molar-refractivity contribution in [3.63, 3.8) is 0 Å². The predicted octanol–water partition coefficient (Wildman–Crippen LogP) is 2.65. The zero-order valence-electron chi connectivity index (χ0n) is 16.5. The number of nitrogens with zero attached hydrogens (tertiary/aromatic N) is 3. The molecule has 1 aromatic heterocycles. The molecule has 3 rings (SSSR count). The summed E-state index contributed by atoms with van der Waals surface area (Å²) in [5.74, 6) is 0.483. The van der Waals surface area contributed by atoms with Crippen LogP contribution in [-0.4, -0.2) is 61.1 Å². The Balaban J connectivity index is 1.64. The topological polar surface area (TPSA) is 74.8 Å². The molecule has 148 valence electrons. The number of carbonyl (C=O) groups is 2. The van der Waals surface area contributed by atoms with Crippen LogP contribution in [0, 0.1) is 0 Å². The van der Waals surface area contributed by atoms with Crippen LogP contribution in [0.1, 0.15) is 34.6 Å².